The van der Waals surface area contributed by atoms with E-state index in [1.54, 1.807) is 11.0 Å². The molecule has 1 N–H and O–H groups in total. The van der Waals surface area contributed by atoms with Gasteiger partial charge in [0.1, 0.15) is 0 Å². The Bertz CT molecular complexity index is 569. The Morgan fingerprint density at radius 3 is 2.35 bits per heavy atom. The lowest BCUT2D eigenvalue weighted by Gasteiger charge is -2.30. The molecule has 0 unspecified atom stereocenters. The lowest BCUT2D eigenvalue weighted by molar-refractivity contribution is -0.0499. The van der Waals surface area contributed by atoms with Crippen LogP contribution in [0.5, 0.6) is 5.75 Å². The second-order valence-electron chi connectivity index (χ2n) is 4.19. The number of halogens is 3. The summed E-state index contributed by atoms with van der Waals surface area (Å²) in [4.78, 5) is 1.78. The van der Waals surface area contributed by atoms with Crippen LogP contribution >= 0.6 is 0 Å². The van der Waals surface area contributed by atoms with E-state index in [0.29, 0.717) is 31.9 Å². The zero-order valence-corrected chi connectivity index (χ0v) is 11.2. The molecule has 1 aliphatic heterocycles. The van der Waals surface area contributed by atoms with E-state index in [1.807, 2.05) is 0 Å². The van der Waals surface area contributed by atoms with Gasteiger partial charge in [0, 0.05) is 26.2 Å². The molecule has 0 bridgehead atoms. The monoisotopic (exact) mass is 310 g/mol. The van der Waals surface area contributed by atoms with Crippen LogP contribution < -0.4 is 14.4 Å². The predicted octanol–water partition coefficient (Wildman–Crippen LogP) is 1.32. The molecule has 1 aromatic rings. The van der Waals surface area contributed by atoms with Gasteiger partial charge < -0.3 is 14.4 Å². The third kappa shape index (κ3) is 3.15. The Balaban J connectivity index is 2.29. The number of nitrogens with zero attached hydrogens (tertiary/aromatic N) is 1. The first-order chi connectivity index (χ1) is 9.31. The minimum absolute atomic E-state index is 0.313. The van der Waals surface area contributed by atoms with Crippen molar-refractivity contribution in [3.05, 3.63) is 24.3 Å². The molecule has 5 nitrogen and oxygen atoms in total. The van der Waals surface area contributed by atoms with Crippen molar-refractivity contribution < 1.29 is 25.8 Å². The minimum Gasteiger partial charge on any atom is -0.374 e. The molecule has 2 rings (SSSR count). The van der Waals surface area contributed by atoms with Crippen molar-refractivity contribution in [2.75, 3.05) is 31.1 Å². The van der Waals surface area contributed by atoms with E-state index >= 15 is 0 Å². The minimum atomic E-state index is -5.65. The van der Waals surface area contributed by atoms with Crippen LogP contribution in [0.3, 0.4) is 0 Å². The van der Waals surface area contributed by atoms with Crippen LogP contribution in [0.15, 0.2) is 24.3 Å². The zero-order valence-electron chi connectivity index (χ0n) is 10.4. The maximum absolute atomic E-state index is 12.4. The molecule has 0 aromatic heterocycles. The largest absolute Gasteiger partial charge is 0.534 e. The van der Waals surface area contributed by atoms with E-state index in [2.05, 4.69) is 9.50 Å². The molecular weight excluding hydrogens is 297 g/mol. The summed E-state index contributed by atoms with van der Waals surface area (Å²) in [6, 6.07) is 5.78. The maximum Gasteiger partial charge on any atom is 0.534 e. The third-order valence-electron chi connectivity index (χ3n) is 2.81. The van der Waals surface area contributed by atoms with Crippen LogP contribution in [0.4, 0.5) is 18.9 Å². The summed E-state index contributed by atoms with van der Waals surface area (Å²) in [5.41, 5.74) is -5.11. The summed E-state index contributed by atoms with van der Waals surface area (Å²) in [5, 5.41) is 3.10. The fourth-order valence-electron chi connectivity index (χ4n) is 1.86. The Morgan fingerprint density at radius 2 is 1.75 bits per heavy atom. The topological polar surface area (TPSA) is 58.6 Å². The van der Waals surface area contributed by atoms with Crippen molar-refractivity contribution >= 4 is 15.8 Å². The van der Waals surface area contributed by atoms with E-state index in [-0.39, 0.29) is 5.75 Å². The number of hydrogen-bond acceptors (Lipinski definition) is 5. The van der Waals surface area contributed by atoms with Gasteiger partial charge in [-0.1, -0.05) is 12.1 Å². The summed E-state index contributed by atoms with van der Waals surface area (Å²) >= 11 is 0. The summed E-state index contributed by atoms with van der Waals surface area (Å²) in [6.07, 6.45) is 0. The van der Waals surface area contributed by atoms with Crippen molar-refractivity contribution in [2.45, 2.75) is 5.51 Å². The molecule has 0 amide bonds. The second kappa shape index (κ2) is 5.49. The van der Waals surface area contributed by atoms with Gasteiger partial charge in [0.05, 0.1) is 5.69 Å². The lowest BCUT2D eigenvalue weighted by Crippen LogP contribution is -2.43. The quantitative estimate of drug-likeness (QED) is 0.674. The molecule has 0 radical (unpaired) electrons. The SMILES string of the molecule is O=S(=O)(Oc1ccccc1N1CCNCC1)C(F)(F)F. The van der Waals surface area contributed by atoms with Crippen molar-refractivity contribution in [2.24, 2.45) is 0 Å². The molecule has 0 spiro atoms. The molecule has 20 heavy (non-hydrogen) atoms. The lowest BCUT2D eigenvalue weighted by atomic mass is 10.2. The fourth-order valence-corrected chi connectivity index (χ4v) is 2.33. The molecule has 1 heterocycles. The van der Waals surface area contributed by atoms with Crippen molar-refractivity contribution in [1.29, 1.82) is 0 Å². The van der Waals surface area contributed by atoms with Crippen LogP contribution in [0, 0.1) is 0 Å². The van der Waals surface area contributed by atoms with E-state index < -0.39 is 15.6 Å². The molecule has 1 aromatic carbocycles. The molecule has 1 fully saturated rings. The van der Waals surface area contributed by atoms with Gasteiger partial charge in [0.2, 0.25) is 0 Å². The zero-order chi connectivity index (χ0) is 14.8. The predicted molar refractivity (Wildman–Crippen MR) is 67.1 cm³/mol. The summed E-state index contributed by atoms with van der Waals surface area (Å²) < 4.78 is 63.5. The molecule has 0 atom stereocenters. The highest BCUT2D eigenvalue weighted by Gasteiger charge is 2.48. The Hall–Kier alpha value is -1.48. The van der Waals surface area contributed by atoms with Crippen LogP contribution in [0.2, 0.25) is 0 Å². The van der Waals surface area contributed by atoms with Crippen LogP contribution in [-0.2, 0) is 10.1 Å². The first kappa shape index (κ1) is 14.9. The Kier molecular flexibility index (Phi) is 4.09. The number of para-hydroxylation sites is 2. The smallest absolute Gasteiger partial charge is 0.374 e. The van der Waals surface area contributed by atoms with Gasteiger partial charge in [-0.15, -0.1) is 0 Å². The highest BCUT2D eigenvalue weighted by Crippen LogP contribution is 2.33. The number of nitrogens with one attached hydrogen (secondary N) is 1. The number of rotatable bonds is 3. The number of benzene rings is 1. The molecule has 1 saturated heterocycles. The normalized spacial score (nSPS) is 17.1. The highest BCUT2D eigenvalue weighted by atomic mass is 32.2. The van der Waals surface area contributed by atoms with Crippen LogP contribution in [0.25, 0.3) is 0 Å². The highest BCUT2D eigenvalue weighted by molar-refractivity contribution is 7.88. The Labute approximate surface area is 114 Å². The second-order valence-corrected chi connectivity index (χ2v) is 5.73. The number of alkyl halides is 3. The summed E-state index contributed by atoms with van der Waals surface area (Å²) in [6.45, 7) is 2.46. The Morgan fingerprint density at radius 1 is 1.15 bits per heavy atom. The van der Waals surface area contributed by atoms with Gasteiger partial charge in [-0.05, 0) is 12.1 Å². The first-order valence-corrected chi connectivity index (χ1v) is 7.27. The van der Waals surface area contributed by atoms with Gasteiger partial charge in [-0.2, -0.15) is 21.6 Å². The molecule has 9 heteroatoms. The first-order valence-electron chi connectivity index (χ1n) is 5.87. The van der Waals surface area contributed by atoms with Crippen molar-refractivity contribution in [3.63, 3.8) is 0 Å². The molecule has 0 saturated carbocycles. The number of anilines is 1. The van der Waals surface area contributed by atoms with Crippen LogP contribution in [0.1, 0.15) is 0 Å². The van der Waals surface area contributed by atoms with Crippen molar-refractivity contribution in [1.82, 2.24) is 5.32 Å². The molecule has 1 aliphatic rings. The van der Waals surface area contributed by atoms with Gasteiger partial charge in [-0.25, -0.2) is 0 Å². The van der Waals surface area contributed by atoms with E-state index in [0.717, 1.165) is 0 Å². The third-order valence-corrected chi connectivity index (χ3v) is 3.77. The van der Waals surface area contributed by atoms with E-state index in [4.69, 9.17) is 0 Å². The maximum atomic E-state index is 12.4. The van der Waals surface area contributed by atoms with Crippen LogP contribution in [-0.4, -0.2) is 40.1 Å². The number of hydrogen-bond donors (Lipinski definition) is 1. The van der Waals surface area contributed by atoms with E-state index in [1.165, 1.54) is 18.2 Å². The summed E-state index contributed by atoms with van der Waals surface area (Å²) in [5.74, 6) is -0.313. The molecular formula is C11H13F3N2O3S. The average Bonchev–Trinajstić information content (AvgIpc) is 2.38. The molecule has 112 valence electrons. The van der Waals surface area contributed by atoms with Gasteiger partial charge in [0.15, 0.2) is 5.75 Å². The van der Waals surface area contributed by atoms with Gasteiger partial charge in [0.25, 0.3) is 0 Å². The van der Waals surface area contributed by atoms with Crippen molar-refractivity contribution in [3.8, 4) is 5.75 Å². The van der Waals surface area contributed by atoms with Gasteiger partial charge in [-0.3, -0.25) is 0 Å². The summed E-state index contributed by atoms with van der Waals surface area (Å²) in [7, 11) is -5.65. The average molecular weight is 310 g/mol. The molecule has 0 aliphatic carbocycles. The number of piperazine rings is 1. The van der Waals surface area contributed by atoms with Gasteiger partial charge >= 0.3 is 15.6 Å². The standard InChI is InChI=1S/C11H13F3N2O3S/c12-11(13,14)20(17,18)19-10-4-2-1-3-9(10)16-7-5-15-6-8-16/h1-4,15H,5-8H2. The fraction of sp³-hybridized carbons (Fsp3) is 0.455. The van der Waals surface area contributed by atoms with E-state index in [9.17, 15) is 21.6 Å².